The Labute approximate surface area is 186 Å². The molecule has 0 aliphatic heterocycles. The highest BCUT2D eigenvalue weighted by Crippen LogP contribution is 2.25. The molecule has 0 bridgehead atoms. The van der Waals surface area contributed by atoms with Crippen molar-refractivity contribution in [1.82, 2.24) is 24.1 Å². The molecule has 4 aromatic rings. The third kappa shape index (κ3) is 4.26. The summed E-state index contributed by atoms with van der Waals surface area (Å²) in [6, 6.07) is 9.76. The maximum atomic E-state index is 12.9. The Hall–Kier alpha value is -2.99. The quantitative estimate of drug-likeness (QED) is 0.419. The molecule has 0 saturated heterocycles. The van der Waals surface area contributed by atoms with Gasteiger partial charge in [-0.3, -0.25) is 4.79 Å². The van der Waals surface area contributed by atoms with Crippen LogP contribution in [-0.2, 0) is 13.5 Å². The van der Waals surface area contributed by atoms with Gasteiger partial charge in [-0.1, -0.05) is 18.5 Å². The average Bonchev–Trinajstić information content (AvgIpc) is 3.25. The van der Waals surface area contributed by atoms with Crippen molar-refractivity contribution in [3.63, 3.8) is 0 Å². The predicted molar refractivity (Wildman–Crippen MR) is 125 cm³/mol. The number of nitrogens with zero attached hydrogens (tertiary/aromatic N) is 5. The molecule has 1 atom stereocenters. The third-order valence-corrected chi connectivity index (χ3v) is 5.97. The molecule has 0 fully saturated rings. The van der Waals surface area contributed by atoms with Gasteiger partial charge in [0, 0.05) is 41.7 Å². The van der Waals surface area contributed by atoms with E-state index in [-0.39, 0.29) is 11.5 Å². The zero-order valence-electron chi connectivity index (χ0n) is 18.2. The zero-order chi connectivity index (χ0) is 22.1. The molecule has 3 aromatic heterocycles. The number of pyridine rings is 1. The van der Waals surface area contributed by atoms with Crippen LogP contribution in [0.3, 0.4) is 0 Å². The monoisotopic (exact) mass is 435 g/mol. The van der Waals surface area contributed by atoms with Crippen molar-refractivity contribution in [1.29, 1.82) is 0 Å². The first-order valence-electron chi connectivity index (χ1n) is 10.5. The van der Waals surface area contributed by atoms with Crippen LogP contribution in [0.25, 0.3) is 22.3 Å². The second-order valence-corrected chi connectivity index (χ2v) is 8.68. The molecule has 0 aliphatic rings. The lowest BCUT2D eigenvalue weighted by atomic mass is 9.95. The normalized spacial score (nSPS) is 12.6. The van der Waals surface area contributed by atoms with Gasteiger partial charge in [0.15, 0.2) is 0 Å². The Morgan fingerprint density at radius 3 is 2.71 bits per heavy atom. The van der Waals surface area contributed by atoms with E-state index < -0.39 is 0 Å². The van der Waals surface area contributed by atoms with Gasteiger partial charge < -0.3 is 9.13 Å². The first-order valence-corrected chi connectivity index (χ1v) is 10.9. The molecule has 0 amide bonds. The van der Waals surface area contributed by atoms with Gasteiger partial charge in [0.05, 0.1) is 29.4 Å². The molecule has 7 heteroatoms. The lowest BCUT2D eigenvalue weighted by Gasteiger charge is -2.15. The first kappa shape index (κ1) is 21.2. The SMILES string of the molecule is CC(C)n1cncc1-c1ccnc(CC[C@@H](C)c2cc3cc(Cl)ccc3n(C)c2=O)n1. The molecular weight excluding hydrogens is 410 g/mol. The molecule has 3 heterocycles. The van der Waals surface area contributed by atoms with Gasteiger partial charge in [0.1, 0.15) is 5.82 Å². The van der Waals surface area contributed by atoms with Crippen LogP contribution < -0.4 is 5.56 Å². The number of halogens is 1. The summed E-state index contributed by atoms with van der Waals surface area (Å²) in [5, 5.41) is 1.63. The van der Waals surface area contributed by atoms with E-state index in [2.05, 4.69) is 35.3 Å². The molecule has 4 rings (SSSR count). The minimum absolute atomic E-state index is 0.0258. The minimum atomic E-state index is 0.0258. The summed E-state index contributed by atoms with van der Waals surface area (Å²) in [5.74, 6) is 0.831. The van der Waals surface area contributed by atoms with Crippen molar-refractivity contribution in [2.45, 2.75) is 45.6 Å². The third-order valence-electron chi connectivity index (χ3n) is 5.74. The minimum Gasteiger partial charge on any atom is -0.327 e. The standard InChI is InChI=1S/C24H26ClN5O/c1-15(2)30-14-26-13-22(30)20-9-10-27-23(28-20)8-5-16(3)19-12-17-11-18(25)6-7-21(17)29(4)24(19)31/h6-7,9-16H,5,8H2,1-4H3/t16-/m1/s1. The first-order chi connectivity index (χ1) is 14.8. The topological polar surface area (TPSA) is 65.6 Å². The van der Waals surface area contributed by atoms with Gasteiger partial charge in [-0.25, -0.2) is 15.0 Å². The summed E-state index contributed by atoms with van der Waals surface area (Å²) < 4.78 is 3.79. The fourth-order valence-electron chi connectivity index (χ4n) is 3.91. The van der Waals surface area contributed by atoms with Gasteiger partial charge in [-0.05, 0) is 56.5 Å². The van der Waals surface area contributed by atoms with Crippen LogP contribution in [0, 0.1) is 0 Å². The van der Waals surface area contributed by atoms with Crippen LogP contribution >= 0.6 is 11.6 Å². The van der Waals surface area contributed by atoms with Crippen LogP contribution in [0.5, 0.6) is 0 Å². The van der Waals surface area contributed by atoms with E-state index in [1.807, 2.05) is 42.9 Å². The van der Waals surface area contributed by atoms with Crippen LogP contribution in [-0.4, -0.2) is 24.1 Å². The highest BCUT2D eigenvalue weighted by atomic mass is 35.5. The number of rotatable bonds is 6. The Kier molecular flexibility index (Phi) is 5.92. The van der Waals surface area contributed by atoms with E-state index in [9.17, 15) is 4.79 Å². The number of fused-ring (bicyclic) bond motifs is 1. The molecule has 31 heavy (non-hydrogen) atoms. The van der Waals surface area contributed by atoms with Crippen molar-refractivity contribution in [2.24, 2.45) is 7.05 Å². The maximum absolute atomic E-state index is 12.9. The molecule has 0 aliphatic carbocycles. The summed E-state index contributed by atoms with van der Waals surface area (Å²) >= 11 is 6.16. The zero-order valence-corrected chi connectivity index (χ0v) is 19.0. The van der Waals surface area contributed by atoms with E-state index in [0.717, 1.165) is 40.1 Å². The van der Waals surface area contributed by atoms with Gasteiger partial charge in [-0.15, -0.1) is 0 Å². The maximum Gasteiger partial charge on any atom is 0.254 e. The lowest BCUT2D eigenvalue weighted by molar-refractivity contribution is 0.603. The Balaban J connectivity index is 1.57. The summed E-state index contributed by atoms with van der Waals surface area (Å²) in [7, 11) is 1.80. The molecule has 160 valence electrons. The van der Waals surface area contributed by atoms with Crippen LogP contribution in [0.1, 0.15) is 50.5 Å². The molecule has 6 nitrogen and oxygen atoms in total. The Bertz CT molecular complexity index is 1290. The van der Waals surface area contributed by atoms with Crippen molar-refractivity contribution in [3.05, 3.63) is 75.8 Å². The lowest BCUT2D eigenvalue weighted by Crippen LogP contribution is -2.23. The number of imidazole rings is 1. The van der Waals surface area contributed by atoms with Gasteiger partial charge in [0.25, 0.3) is 5.56 Å². The van der Waals surface area contributed by atoms with E-state index in [1.165, 1.54) is 0 Å². The number of benzene rings is 1. The van der Waals surface area contributed by atoms with Crippen molar-refractivity contribution >= 4 is 22.5 Å². The molecule has 0 radical (unpaired) electrons. The molecule has 0 saturated carbocycles. The molecule has 0 N–H and O–H groups in total. The summed E-state index contributed by atoms with van der Waals surface area (Å²) in [6.45, 7) is 6.31. The van der Waals surface area contributed by atoms with E-state index >= 15 is 0 Å². The molecule has 1 aromatic carbocycles. The predicted octanol–water partition coefficient (Wildman–Crippen LogP) is 5.16. The highest BCUT2D eigenvalue weighted by molar-refractivity contribution is 6.31. The molecule has 0 unspecified atom stereocenters. The van der Waals surface area contributed by atoms with E-state index in [0.29, 0.717) is 17.5 Å². The van der Waals surface area contributed by atoms with E-state index in [4.69, 9.17) is 16.6 Å². The number of hydrogen-bond acceptors (Lipinski definition) is 4. The Morgan fingerprint density at radius 1 is 1.13 bits per heavy atom. The van der Waals surface area contributed by atoms with Crippen LogP contribution in [0.15, 0.2) is 53.8 Å². The summed E-state index contributed by atoms with van der Waals surface area (Å²) in [6.07, 6.45) is 6.90. The summed E-state index contributed by atoms with van der Waals surface area (Å²) in [4.78, 5) is 26.4. The number of aromatic nitrogens is 5. The van der Waals surface area contributed by atoms with Gasteiger partial charge in [0.2, 0.25) is 0 Å². The van der Waals surface area contributed by atoms with Crippen molar-refractivity contribution < 1.29 is 0 Å². The highest BCUT2D eigenvalue weighted by Gasteiger charge is 2.15. The molecular formula is C24H26ClN5O. The van der Waals surface area contributed by atoms with Crippen molar-refractivity contribution in [3.8, 4) is 11.4 Å². The second kappa shape index (κ2) is 8.63. The average molecular weight is 436 g/mol. The number of hydrogen-bond donors (Lipinski definition) is 0. The Morgan fingerprint density at radius 2 is 1.94 bits per heavy atom. The van der Waals surface area contributed by atoms with Crippen molar-refractivity contribution in [2.75, 3.05) is 0 Å². The van der Waals surface area contributed by atoms with E-state index in [1.54, 1.807) is 17.8 Å². The fourth-order valence-corrected chi connectivity index (χ4v) is 4.09. The van der Waals surface area contributed by atoms with Crippen LogP contribution in [0.2, 0.25) is 5.02 Å². The van der Waals surface area contributed by atoms with Gasteiger partial charge >= 0.3 is 0 Å². The largest absolute Gasteiger partial charge is 0.327 e. The molecule has 0 spiro atoms. The van der Waals surface area contributed by atoms with Crippen LogP contribution in [0.4, 0.5) is 0 Å². The number of aryl methyl sites for hydroxylation is 2. The fraction of sp³-hybridized carbons (Fsp3) is 0.333. The van der Waals surface area contributed by atoms with Gasteiger partial charge in [-0.2, -0.15) is 0 Å². The second-order valence-electron chi connectivity index (χ2n) is 8.24. The summed E-state index contributed by atoms with van der Waals surface area (Å²) in [5.41, 5.74) is 3.53. The smallest absolute Gasteiger partial charge is 0.254 e.